The summed E-state index contributed by atoms with van der Waals surface area (Å²) in [5.41, 5.74) is 1.83. The standard InChI is InChI=1S/C18H22N4O3S/c1-13-19-15(12-26-13)11-21-4-6-22(7-5-21)18(23)20-14-2-3-16-17(10-14)25-9-8-24-16/h2-3,10,12H,4-9,11H2,1H3,(H,20,23). The largest absolute Gasteiger partial charge is 0.486 e. The fourth-order valence-corrected chi connectivity index (χ4v) is 3.75. The lowest BCUT2D eigenvalue weighted by Gasteiger charge is -2.34. The molecule has 2 aliphatic heterocycles. The molecule has 3 heterocycles. The second-order valence-corrected chi connectivity index (χ2v) is 7.47. The fraction of sp³-hybridized carbons (Fsp3) is 0.444. The molecule has 0 unspecified atom stereocenters. The molecule has 1 fully saturated rings. The van der Waals surface area contributed by atoms with Crippen LogP contribution >= 0.6 is 11.3 Å². The fourth-order valence-electron chi connectivity index (χ4n) is 3.14. The van der Waals surface area contributed by atoms with Crippen molar-refractivity contribution in [2.45, 2.75) is 13.5 Å². The smallest absolute Gasteiger partial charge is 0.321 e. The Hall–Kier alpha value is -2.32. The Morgan fingerprint density at radius 2 is 1.96 bits per heavy atom. The van der Waals surface area contributed by atoms with E-state index in [1.807, 2.05) is 30.0 Å². The van der Waals surface area contributed by atoms with Crippen LogP contribution in [0.4, 0.5) is 10.5 Å². The monoisotopic (exact) mass is 374 g/mol. The molecule has 0 saturated carbocycles. The Kier molecular flexibility index (Phi) is 4.94. The number of aromatic nitrogens is 1. The van der Waals surface area contributed by atoms with Gasteiger partial charge in [0.15, 0.2) is 11.5 Å². The first-order valence-corrected chi connectivity index (χ1v) is 9.64. The molecule has 4 rings (SSSR count). The van der Waals surface area contributed by atoms with Gasteiger partial charge in [0.05, 0.1) is 10.7 Å². The van der Waals surface area contributed by atoms with Crippen LogP contribution in [0.5, 0.6) is 11.5 Å². The number of carbonyl (C=O) groups is 1. The molecule has 1 N–H and O–H groups in total. The lowest BCUT2D eigenvalue weighted by atomic mass is 10.2. The van der Waals surface area contributed by atoms with Crippen LogP contribution in [0, 0.1) is 6.92 Å². The van der Waals surface area contributed by atoms with Gasteiger partial charge in [-0.15, -0.1) is 11.3 Å². The van der Waals surface area contributed by atoms with Gasteiger partial charge in [0, 0.05) is 49.9 Å². The Bertz CT molecular complexity index is 786. The minimum absolute atomic E-state index is 0.0779. The average molecular weight is 374 g/mol. The van der Waals surface area contributed by atoms with E-state index in [0.29, 0.717) is 32.1 Å². The summed E-state index contributed by atoms with van der Waals surface area (Å²) >= 11 is 1.68. The summed E-state index contributed by atoms with van der Waals surface area (Å²) in [5, 5.41) is 6.15. The van der Waals surface area contributed by atoms with Gasteiger partial charge >= 0.3 is 6.03 Å². The van der Waals surface area contributed by atoms with E-state index in [0.717, 1.165) is 41.8 Å². The molecule has 1 aromatic carbocycles. The van der Waals surface area contributed by atoms with Crippen molar-refractivity contribution in [2.24, 2.45) is 0 Å². The quantitative estimate of drug-likeness (QED) is 0.894. The van der Waals surface area contributed by atoms with E-state index >= 15 is 0 Å². The molecule has 1 aromatic heterocycles. The van der Waals surface area contributed by atoms with Crippen molar-refractivity contribution in [2.75, 3.05) is 44.7 Å². The molecule has 2 amide bonds. The molecule has 138 valence electrons. The number of thiazole rings is 1. The number of piperazine rings is 1. The number of anilines is 1. The van der Waals surface area contributed by atoms with E-state index in [1.54, 1.807) is 11.3 Å². The van der Waals surface area contributed by atoms with Crippen molar-refractivity contribution < 1.29 is 14.3 Å². The predicted octanol–water partition coefficient (Wildman–Crippen LogP) is 2.57. The van der Waals surface area contributed by atoms with Gasteiger partial charge in [-0.2, -0.15) is 0 Å². The molecule has 8 heteroatoms. The Labute approximate surface area is 156 Å². The number of carbonyl (C=O) groups excluding carboxylic acids is 1. The number of nitrogens with one attached hydrogen (secondary N) is 1. The maximum absolute atomic E-state index is 12.5. The third-order valence-corrected chi connectivity index (χ3v) is 5.33. The molecular weight excluding hydrogens is 352 g/mol. The minimum atomic E-state index is -0.0779. The first-order chi connectivity index (χ1) is 12.7. The van der Waals surface area contributed by atoms with Gasteiger partial charge in [0.25, 0.3) is 0 Å². The molecule has 0 atom stereocenters. The predicted molar refractivity (Wildman–Crippen MR) is 100 cm³/mol. The van der Waals surface area contributed by atoms with E-state index in [9.17, 15) is 4.79 Å². The van der Waals surface area contributed by atoms with Gasteiger partial charge in [-0.25, -0.2) is 9.78 Å². The van der Waals surface area contributed by atoms with E-state index in [4.69, 9.17) is 9.47 Å². The van der Waals surface area contributed by atoms with Crippen molar-refractivity contribution in [3.63, 3.8) is 0 Å². The molecule has 0 radical (unpaired) electrons. The Morgan fingerprint density at radius 1 is 1.19 bits per heavy atom. The second-order valence-electron chi connectivity index (χ2n) is 6.41. The van der Waals surface area contributed by atoms with Gasteiger partial charge in [-0.3, -0.25) is 4.90 Å². The molecule has 0 spiro atoms. The zero-order chi connectivity index (χ0) is 17.9. The zero-order valence-corrected chi connectivity index (χ0v) is 15.6. The number of nitrogens with zero attached hydrogens (tertiary/aromatic N) is 3. The second kappa shape index (κ2) is 7.51. The third kappa shape index (κ3) is 3.91. The molecule has 0 bridgehead atoms. The van der Waals surface area contributed by atoms with E-state index in [-0.39, 0.29) is 6.03 Å². The molecule has 2 aromatic rings. The summed E-state index contributed by atoms with van der Waals surface area (Å²) in [6.45, 7) is 7.08. The van der Waals surface area contributed by atoms with Gasteiger partial charge in [-0.1, -0.05) is 0 Å². The molecule has 26 heavy (non-hydrogen) atoms. The molecule has 1 saturated heterocycles. The Morgan fingerprint density at radius 3 is 2.69 bits per heavy atom. The van der Waals surface area contributed by atoms with Crippen LogP contribution in [0.3, 0.4) is 0 Å². The van der Waals surface area contributed by atoms with Crippen molar-refractivity contribution >= 4 is 23.1 Å². The van der Waals surface area contributed by atoms with Crippen molar-refractivity contribution in [3.05, 3.63) is 34.3 Å². The zero-order valence-electron chi connectivity index (χ0n) is 14.7. The van der Waals surface area contributed by atoms with Crippen molar-refractivity contribution in [3.8, 4) is 11.5 Å². The highest BCUT2D eigenvalue weighted by Gasteiger charge is 2.22. The minimum Gasteiger partial charge on any atom is -0.486 e. The third-order valence-electron chi connectivity index (χ3n) is 4.51. The van der Waals surface area contributed by atoms with Crippen LogP contribution in [0.25, 0.3) is 0 Å². The number of rotatable bonds is 3. The van der Waals surface area contributed by atoms with Crippen LogP contribution in [0.15, 0.2) is 23.6 Å². The summed E-state index contributed by atoms with van der Waals surface area (Å²) < 4.78 is 11.1. The number of hydrogen-bond donors (Lipinski definition) is 1. The van der Waals surface area contributed by atoms with Crippen LogP contribution in [0.1, 0.15) is 10.7 Å². The van der Waals surface area contributed by atoms with Crippen LogP contribution in [0.2, 0.25) is 0 Å². The lowest BCUT2D eigenvalue weighted by molar-refractivity contribution is 0.142. The number of ether oxygens (including phenoxy) is 2. The SMILES string of the molecule is Cc1nc(CN2CCN(C(=O)Nc3ccc4c(c3)OCCO4)CC2)cs1. The van der Waals surface area contributed by atoms with E-state index in [2.05, 4.69) is 20.6 Å². The number of benzene rings is 1. The van der Waals surface area contributed by atoms with E-state index in [1.165, 1.54) is 0 Å². The number of urea groups is 1. The summed E-state index contributed by atoms with van der Waals surface area (Å²) in [7, 11) is 0. The van der Waals surface area contributed by atoms with Gasteiger partial charge < -0.3 is 19.7 Å². The molecule has 0 aliphatic carbocycles. The number of aryl methyl sites for hydroxylation is 1. The molecule has 2 aliphatic rings. The molecular formula is C18H22N4O3S. The number of amides is 2. The first-order valence-electron chi connectivity index (χ1n) is 8.76. The number of fused-ring (bicyclic) bond motifs is 1. The highest BCUT2D eigenvalue weighted by Crippen LogP contribution is 2.32. The topological polar surface area (TPSA) is 66.9 Å². The van der Waals surface area contributed by atoms with Gasteiger partial charge in [0.1, 0.15) is 13.2 Å². The normalized spacial score (nSPS) is 17.2. The van der Waals surface area contributed by atoms with Crippen LogP contribution in [-0.4, -0.2) is 60.2 Å². The first kappa shape index (κ1) is 17.1. The summed E-state index contributed by atoms with van der Waals surface area (Å²) in [4.78, 5) is 21.2. The average Bonchev–Trinajstić information content (AvgIpc) is 3.07. The van der Waals surface area contributed by atoms with Gasteiger partial charge in [0.2, 0.25) is 0 Å². The summed E-state index contributed by atoms with van der Waals surface area (Å²) in [6.07, 6.45) is 0. The number of hydrogen-bond acceptors (Lipinski definition) is 6. The van der Waals surface area contributed by atoms with Crippen LogP contribution in [-0.2, 0) is 6.54 Å². The molecule has 7 nitrogen and oxygen atoms in total. The van der Waals surface area contributed by atoms with Crippen LogP contribution < -0.4 is 14.8 Å². The van der Waals surface area contributed by atoms with E-state index < -0.39 is 0 Å². The van der Waals surface area contributed by atoms with Crippen molar-refractivity contribution in [1.82, 2.24) is 14.8 Å². The highest BCUT2D eigenvalue weighted by molar-refractivity contribution is 7.09. The maximum Gasteiger partial charge on any atom is 0.321 e. The maximum atomic E-state index is 12.5. The van der Waals surface area contributed by atoms with Gasteiger partial charge in [-0.05, 0) is 19.1 Å². The summed E-state index contributed by atoms with van der Waals surface area (Å²) in [6, 6.07) is 5.41. The summed E-state index contributed by atoms with van der Waals surface area (Å²) in [5.74, 6) is 1.40. The Balaban J connectivity index is 1.29. The highest BCUT2D eigenvalue weighted by atomic mass is 32.1. The lowest BCUT2D eigenvalue weighted by Crippen LogP contribution is -2.49. The van der Waals surface area contributed by atoms with Crippen molar-refractivity contribution in [1.29, 1.82) is 0 Å².